The molecule has 1 aliphatic rings. The maximum absolute atomic E-state index is 14.5. The minimum atomic E-state index is -0.833. The summed E-state index contributed by atoms with van der Waals surface area (Å²) >= 11 is 6.01. The molecule has 3 aromatic rings. The molecule has 184 valence electrons. The van der Waals surface area contributed by atoms with E-state index in [0.717, 1.165) is 11.1 Å². The van der Waals surface area contributed by atoms with Gasteiger partial charge in [0.05, 0.1) is 24.9 Å². The number of benzene rings is 1. The number of aromatic nitrogens is 3. The highest BCUT2D eigenvalue weighted by Gasteiger charge is 2.45. The van der Waals surface area contributed by atoms with E-state index in [0.29, 0.717) is 43.2 Å². The Morgan fingerprint density at radius 3 is 2.60 bits per heavy atom. The van der Waals surface area contributed by atoms with Crippen molar-refractivity contribution in [2.45, 2.75) is 44.9 Å². The van der Waals surface area contributed by atoms with Crippen LogP contribution in [0.2, 0.25) is 5.15 Å². The second-order valence-corrected chi connectivity index (χ2v) is 9.45. The van der Waals surface area contributed by atoms with Gasteiger partial charge < -0.3 is 15.0 Å². The lowest BCUT2D eigenvalue weighted by molar-refractivity contribution is -0.122. The van der Waals surface area contributed by atoms with Crippen LogP contribution in [0.3, 0.4) is 0 Å². The number of nitrogens with zero attached hydrogens (tertiary/aromatic N) is 4. The maximum atomic E-state index is 14.5. The molecule has 1 aliphatic heterocycles. The highest BCUT2D eigenvalue weighted by atomic mass is 35.5. The van der Waals surface area contributed by atoms with Crippen molar-refractivity contribution in [3.63, 3.8) is 0 Å². The zero-order valence-corrected chi connectivity index (χ0v) is 21.1. The van der Waals surface area contributed by atoms with Crippen molar-refractivity contribution in [2.24, 2.45) is 0 Å². The number of ether oxygens (including phenoxy) is 1. The molecule has 1 aromatic carbocycles. The molecule has 0 radical (unpaired) electrons. The van der Waals surface area contributed by atoms with Gasteiger partial charge in [0, 0.05) is 19.2 Å². The summed E-state index contributed by atoms with van der Waals surface area (Å²) in [5, 5.41) is 3.31. The van der Waals surface area contributed by atoms with Gasteiger partial charge in [0.25, 0.3) is 0 Å². The van der Waals surface area contributed by atoms with Crippen LogP contribution >= 0.6 is 11.6 Å². The van der Waals surface area contributed by atoms with E-state index in [1.165, 1.54) is 19.5 Å². The number of hydrogen-bond acceptors (Lipinski definition) is 6. The lowest BCUT2D eigenvalue weighted by Crippen LogP contribution is -2.50. The molecular weight excluding hydrogens is 469 g/mol. The van der Waals surface area contributed by atoms with Gasteiger partial charge in [-0.1, -0.05) is 49.7 Å². The number of carbonyl (C=O) groups is 1. The molecule has 0 spiro atoms. The molecule has 0 atom stereocenters. The summed E-state index contributed by atoms with van der Waals surface area (Å²) in [6, 6.07) is 9.61. The number of nitrogens with one attached hydrogen (secondary N) is 1. The lowest BCUT2D eigenvalue weighted by Gasteiger charge is -2.42. The van der Waals surface area contributed by atoms with Crippen LogP contribution in [0, 0.1) is 12.7 Å². The average molecular weight is 498 g/mol. The summed E-state index contributed by atoms with van der Waals surface area (Å²) in [5.74, 6) is 0.805. The minimum Gasteiger partial charge on any atom is -0.494 e. The summed E-state index contributed by atoms with van der Waals surface area (Å²) < 4.78 is 19.9. The molecule has 9 heteroatoms. The summed E-state index contributed by atoms with van der Waals surface area (Å²) in [6.45, 7) is 6.89. The molecule has 1 amide bonds. The average Bonchev–Trinajstić information content (AvgIpc) is 2.86. The molecule has 0 saturated carbocycles. The van der Waals surface area contributed by atoms with Crippen molar-refractivity contribution >= 4 is 29.0 Å². The maximum Gasteiger partial charge on any atom is 0.235 e. The van der Waals surface area contributed by atoms with E-state index in [-0.39, 0.29) is 22.8 Å². The van der Waals surface area contributed by atoms with Gasteiger partial charge in [-0.15, -0.1) is 0 Å². The molecule has 7 nitrogen and oxygen atoms in total. The number of carbonyl (C=O) groups excluding carboxylic acids is 1. The number of amides is 1. The number of aryl methyl sites for hydroxylation is 1. The molecular formula is C26H29ClFN5O2. The number of rotatable bonds is 6. The number of pyridine rings is 1. The molecule has 0 aliphatic carbocycles. The number of piperidine rings is 1. The number of hydrogen-bond donors (Lipinski definition) is 1. The first kappa shape index (κ1) is 24.9. The van der Waals surface area contributed by atoms with Gasteiger partial charge in [0.2, 0.25) is 5.91 Å². The van der Waals surface area contributed by atoms with Gasteiger partial charge in [0.1, 0.15) is 22.4 Å². The Labute approximate surface area is 209 Å². The second-order valence-electron chi connectivity index (χ2n) is 9.06. The van der Waals surface area contributed by atoms with Crippen LogP contribution in [0.5, 0.6) is 5.75 Å². The monoisotopic (exact) mass is 497 g/mol. The zero-order valence-electron chi connectivity index (χ0n) is 20.3. The van der Waals surface area contributed by atoms with Crippen molar-refractivity contribution in [3.05, 3.63) is 70.6 Å². The van der Waals surface area contributed by atoms with Gasteiger partial charge in [0.15, 0.2) is 11.6 Å². The zero-order chi connectivity index (χ0) is 25.2. The largest absolute Gasteiger partial charge is 0.494 e. The van der Waals surface area contributed by atoms with E-state index in [9.17, 15) is 9.18 Å². The SMILES string of the molecule is COc1cc(Cl)ncc1NC(=O)C1(c2ccccc2C(C)C)CCN(c2nc(C)ncc2F)CC1. The Hall–Kier alpha value is -3.26. The van der Waals surface area contributed by atoms with Crippen LogP contribution in [0.4, 0.5) is 15.9 Å². The van der Waals surface area contributed by atoms with Crippen LogP contribution in [-0.2, 0) is 10.2 Å². The predicted octanol–water partition coefficient (Wildman–Crippen LogP) is 5.28. The summed E-state index contributed by atoms with van der Waals surface area (Å²) in [6.07, 6.45) is 3.65. The highest BCUT2D eigenvalue weighted by Crippen LogP contribution is 2.42. The fourth-order valence-electron chi connectivity index (χ4n) is 4.74. The molecule has 0 bridgehead atoms. The first-order valence-corrected chi connectivity index (χ1v) is 12.0. The molecule has 0 unspecified atom stereocenters. The fourth-order valence-corrected chi connectivity index (χ4v) is 4.89. The van der Waals surface area contributed by atoms with Crippen LogP contribution in [-0.4, -0.2) is 41.1 Å². The van der Waals surface area contributed by atoms with Gasteiger partial charge in [-0.3, -0.25) is 4.79 Å². The molecule has 3 heterocycles. The highest BCUT2D eigenvalue weighted by molar-refractivity contribution is 6.29. The van der Waals surface area contributed by atoms with E-state index in [1.54, 1.807) is 13.0 Å². The van der Waals surface area contributed by atoms with E-state index < -0.39 is 11.2 Å². The van der Waals surface area contributed by atoms with Gasteiger partial charge in [-0.2, -0.15) is 0 Å². The molecule has 1 N–H and O–H groups in total. The summed E-state index contributed by atoms with van der Waals surface area (Å²) in [4.78, 5) is 28.3. The Bertz CT molecular complexity index is 1230. The van der Waals surface area contributed by atoms with Crippen molar-refractivity contribution in [2.75, 3.05) is 30.4 Å². The quantitative estimate of drug-likeness (QED) is 0.466. The van der Waals surface area contributed by atoms with Crippen LogP contribution in [0.1, 0.15) is 49.6 Å². The Morgan fingerprint density at radius 2 is 1.91 bits per heavy atom. The van der Waals surface area contributed by atoms with Crippen molar-refractivity contribution < 1.29 is 13.9 Å². The minimum absolute atomic E-state index is 0.160. The standard InChI is InChI=1S/C26H29ClFN5O2/c1-16(2)18-7-5-6-8-19(18)26(25(34)32-21-15-30-23(27)13-22(21)35-4)9-11-33(12-10-26)24-20(28)14-29-17(3)31-24/h5-8,13-16H,9-12H2,1-4H3,(H,32,34). The third-order valence-electron chi connectivity index (χ3n) is 6.60. The Balaban J connectivity index is 1.72. The van der Waals surface area contributed by atoms with Gasteiger partial charge in [-0.25, -0.2) is 19.3 Å². The van der Waals surface area contributed by atoms with Crippen LogP contribution < -0.4 is 15.0 Å². The van der Waals surface area contributed by atoms with E-state index >= 15 is 0 Å². The van der Waals surface area contributed by atoms with E-state index in [4.69, 9.17) is 16.3 Å². The Kier molecular flexibility index (Phi) is 7.21. The Morgan fingerprint density at radius 1 is 1.20 bits per heavy atom. The van der Waals surface area contributed by atoms with E-state index in [1.807, 2.05) is 23.1 Å². The fraction of sp³-hybridized carbons (Fsp3) is 0.385. The number of methoxy groups -OCH3 is 1. The normalized spacial score (nSPS) is 15.2. The van der Waals surface area contributed by atoms with Crippen molar-refractivity contribution in [1.82, 2.24) is 15.0 Å². The van der Waals surface area contributed by atoms with Crippen molar-refractivity contribution in [3.8, 4) is 5.75 Å². The third kappa shape index (κ3) is 4.93. The van der Waals surface area contributed by atoms with Crippen LogP contribution in [0.15, 0.2) is 42.7 Å². The second kappa shape index (κ2) is 10.2. The van der Waals surface area contributed by atoms with E-state index in [2.05, 4.69) is 40.2 Å². The van der Waals surface area contributed by atoms with Gasteiger partial charge in [-0.05, 0) is 36.8 Å². The first-order chi connectivity index (χ1) is 16.7. The molecule has 1 saturated heterocycles. The van der Waals surface area contributed by atoms with Crippen LogP contribution in [0.25, 0.3) is 0 Å². The summed E-state index contributed by atoms with van der Waals surface area (Å²) in [7, 11) is 1.52. The predicted molar refractivity (Wildman–Crippen MR) is 135 cm³/mol. The van der Waals surface area contributed by atoms with Crippen molar-refractivity contribution in [1.29, 1.82) is 0 Å². The summed E-state index contributed by atoms with van der Waals surface area (Å²) in [5.41, 5.74) is 1.71. The number of halogens is 2. The third-order valence-corrected chi connectivity index (χ3v) is 6.80. The molecule has 2 aromatic heterocycles. The number of anilines is 2. The smallest absolute Gasteiger partial charge is 0.235 e. The first-order valence-electron chi connectivity index (χ1n) is 11.6. The molecule has 1 fully saturated rings. The topological polar surface area (TPSA) is 80.2 Å². The van der Waals surface area contributed by atoms with Gasteiger partial charge >= 0.3 is 0 Å². The lowest BCUT2D eigenvalue weighted by atomic mass is 9.69. The molecule has 4 rings (SSSR count). The molecule has 35 heavy (non-hydrogen) atoms.